The number of benzene rings is 2. The summed E-state index contributed by atoms with van der Waals surface area (Å²) in [6, 6.07) is 21.6. The van der Waals surface area contributed by atoms with E-state index in [9.17, 15) is 0 Å². The van der Waals surface area contributed by atoms with Crippen LogP contribution in [0.4, 0.5) is 5.69 Å². The Morgan fingerprint density at radius 3 is 2.29 bits per heavy atom. The van der Waals surface area contributed by atoms with Gasteiger partial charge in [-0.15, -0.1) is 0 Å². The Kier molecular flexibility index (Phi) is 5.50. The molecule has 0 spiro atoms. The van der Waals surface area contributed by atoms with Crippen molar-refractivity contribution in [3.63, 3.8) is 0 Å². The van der Waals surface area contributed by atoms with Crippen LogP contribution in [0, 0.1) is 11.3 Å². The molecule has 0 aliphatic heterocycles. The minimum Gasteiger partial charge on any atom is -0.358 e. The number of hydrogen-bond donors (Lipinski definition) is 2. The molecule has 0 radical (unpaired) electrons. The van der Waals surface area contributed by atoms with E-state index in [2.05, 4.69) is 16.7 Å². The first-order valence-corrected chi connectivity index (χ1v) is 6.94. The normalized spacial score (nSPS) is 10.5. The van der Waals surface area contributed by atoms with Gasteiger partial charge < -0.3 is 10.6 Å². The van der Waals surface area contributed by atoms with Crippen molar-refractivity contribution in [3.8, 4) is 6.07 Å². The van der Waals surface area contributed by atoms with Crippen LogP contribution >= 0.6 is 12.2 Å². The minimum atomic E-state index is 0.393. The Balaban J connectivity index is 1.90. The molecule has 2 aromatic carbocycles. The van der Waals surface area contributed by atoms with E-state index < -0.39 is 0 Å². The molecule has 0 bridgehead atoms. The Morgan fingerprint density at radius 2 is 1.67 bits per heavy atom. The predicted molar refractivity (Wildman–Crippen MR) is 90.7 cm³/mol. The summed E-state index contributed by atoms with van der Waals surface area (Å²) in [5.74, 6) is 0. The Bertz CT molecular complexity index is 657. The number of thiocarbonyl (C=S) groups is 1. The molecular formula is C17H15N3S. The largest absolute Gasteiger partial charge is 0.358 e. The summed E-state index contributed by atoms with van der Waals surface area (Å²) in [7, 11) is 0. The third-order valence-electron chi connectivity index (χ3n) is 2.76. The van der Waals surface area contributed by atoms with Crippen molar-refractivity contribution in [2.45, 2.75) is 0 Å². The molecule has 0 aromatic heterocycles. The van der Waals surface area contributed by atoms with Crippen molar-refractivity contribution < 1.29 is 0 Å². The van der Waals surface area contributed by atoms with Gasteiger partial charge in [-0.05, 0) is 36.0 Å². The lowest BCUT2D eigenvalue weighted by molar-refractivity contribution is 1.03. The van der Waals surface area contributed by atoms with Gasteiger partial charge in [-0.3, -0.25) is 0 Å². The second kappa shape index (κ2) is 7.83. The van der Waals surface area contributed by atoms with Crippen LogP contribution < -0.4 is 10.6 Å². The van der Waals surface area contributed by atoms with Gasteiger partial charge in [0.05, 0.1) is 12.6 Å². The van der Waals surface area contributed by atoms with E-state index in [0.717, 1.165) is 11.3 Å². The van der Waals surface area contributed by atoms with Crippen LogP contribution in [0.15, 0.2) is 66.2 Å². The summed E-state index contributed by atoms with van der Waals surface area (Å²) < 4.78 is 0. The maximum Gasteiger partial charge on any atom is 0.171 e. The molecule has 21 heavy (non-hydrogen) atoms. The molecule has 0 aliphatic carbocycles. The third kappa shape index (κ3) is 5.09. The zero-order valence-electron chi connectivity index (χ0n) is 11.4. The van der Waals surface area contributed by atoms with E-state index >= 15 is 0 Å². The van der Waals surface area contributed by atoms with E-state index in [4.69, 9.17) is 17.5 Å². The van der Waals surface area contributed by atoms with E-state index in [1.165, 1.54) is 0 Å². The van der Waals surface area contributed by atoms with E-state index in [1.807, 2.05) is 66.7 Å². The monoisotopic (exact) mass is 293 g/mol. The van der Waals surface area contributed by atoms with Gasteiger partial charge in [-0.1, -0.05) is 48.5 Å². The highest BCUT2D eigenvalue weighted by atomic mass is 32.1. The summed E-state index contributed by atoms with van der Waals surface area (Å²) in [6.45, 7) is 0.393. The molecule has 0 aliphatic rings. The molecule has 0 unspecified atom stereocenters. The van der Waals surface area contributed by atoms with Gasteiger partial charge in [0.15, 0.2) is 5.11 Å². The molecule has 3 nitrogen and oxygen atoms in total. The molecule has 0 saturated carbocycles. The fourth-order valence-electron chi connectivity index (χ4n) is 1.75. The first-order valence-electron chi connectivity index (χ1n) is 6.53. The van der Waals surface area contributed by atoms with Crippen molar-refractivity contribution >= 4 is 29.1 Å². The van der Waals surface area contributed by atoms with Gasteiger partial charge in [0.2, 0.25) is 0 Å². The number of anilines is 1. The molecule has 2 aromatic rings. The van der Waals surface area contributed by atoms with Gasteiger partial charge in [-0.25, -0.2) is 0 Å². The summed E-state index contributed by atoms with van der Waals surface area (Å²) >= 11 is 5.21. The van der Waals surface area contributed by atoms with E-state index in [1.54, 1.807) is 0 Å². The van der Waals surface area contributed by atoms with Crippen molar-refractivity contribution in [3.05, 3.63) is 71.8 Å². The second-order valence-corrected chi connectivity index (χ2v) is 4.77. The SMILES string of the molecule is N#C/C(=C/c1ccccc1)CNC(=S)Nc1ccccc1. The maximum absolute atomic E-state index is 9.17. The zero-order valence-corrected chi connectivity index (χ0v) is 12.2. The lowest BCUT2D eigenvalue weighted by Gasteiger charge is -2.09. The number of nitriles is 1. The number of para-hydroxylation sites is 1. The van der Waals surface area contributed by atoms with Crippen molar-refractivity contribution in [2.75, 3.05) is 11.9 Å². The Morgan fingerprint density at radius 1 is 1.05 bits per heavy atom. The van der Waals surface area contributed by atoms with Gasteiger partial charge in [0.25, 0.3) is 0 Å². The number of nitrogens with zero attached hydrogens (tertiary/aromatic N) is 1. The molecule has 4 heteroatoms. The second-order valence-electron chi connectivity index (χ2n) is 4.37. The number of nitrogens with one attached hydrogen (secondary N) is 2. The fraction of sp³-hybridized carbons (Fsp3) is 0.0588. The Hall–Kier alpha value is -2.64. The smallest absolute Gasteiger partial charge is 0.171 e. The zero-order chi connectivity index (χ0) is 14.9. The Labute approximate surface area is 129 Å². The van der Waals surface area contributed by atoms with Crippen LogP contribution in [-0.4, -0.2) is 11.7 Å². The maximum atomic E-state index is 9.17. The van der Waals surface area contributed by atoms with Gasteiger partial charge in [0.1, 0.15) is 0 Å². The molecule has 0 heterocycles. The molecule has 0 amide bonds. The molecule has 0 atom stereocenters. The molecule has 0 fully saturated rings. The highest BCUT2D eigenvalue weighted by Crippen LogP contribution is 2.06. The lowest BCUT2D eigenvalue weighted by atomic mass is 10.1. The first-order chi connectivity index (χ1) is 10.3. The first kappa shape index (κ1) is 14.8. The van der Waals surface area contributed by atoms with Crippen molar-refractivity contribution in [2.24, 2.45) is 0 Å². The van der Waals surface area contributed by atoms with Gasteiger partial charge in [0, 0.05) is 11.3 Å². The number of hydrogen-bond acceptors (Lipinski definition) is 2. The highest BCUT2D eigenvalue weighted by Gasteiger charge is 2.00. The summed E-state index contributed by atoms with van der Waals surface area (Å²) in [5, 5.41) is 15.8. The molecule has 2 N–H and O–H groups in total. The lowest BCUT2D eigenvalue weighted by Crippen LogP contribution is -2.29. The summed E-state index contributed by atoms with van der Waals surface area (Å²) in [6.07, 6.45) is 1.85. The molecule has 104 valence electrons. The molecular weight excluding hydrogens is 278 g/mol. The van der Waals surface area contributed by atoms with Gasteiger partial charge >= 0.3 is 0 Å². The minimum absolute atomic E-state index is 0.393. The van der Waals surface area contributed by atoms with Crippen molar-refractivity contribution in [1.29, 1.82) is 5.26 Å². The average molecular weight is 293 g/mol. The quantitative estimate of drug-likeness (QED) is 0.668. The van der Waals surface area contributed by atoms with Crippen LogP contribution in [0.2, 0.25) is 0 Å². The topological polar surface area (TPSA) is 47.9 Å². The molecule has 2 rings (SSSR count). The van der Waals surface area contributed by atoms with Crippen LogP contribution in [0.3, 0.4) is 0 Å². The standard InChI is InChI=1S/C17H15N3S/c18-12-15(11-14-7-3-1-4-8-14)13-19-17(21)20-16-9-5-2-6-10-16/h1-11H,13H2,(H2,19,20,21)/b15-11-. The van der Waals surface area contributed by atoms with Crippen molar-refractivity contribution in [1.82, 2.24) is 5.32 Å². The number of rotatable bonds is 4. The van der Waals surface area contributed by atoms with E-state index in [-0.39, 0.29) is 0 Å². The predicted octanol–water partition coefficient (Wildman–Crippen LogP) is 3.58. The average Bonchev–Trinajstić information content (AvgIpc) is 2.53. The summed E-state index contributed by atoms with van der Waals surface area (Å²) in [5.41, 5.74) is 2.54. The van der Waals surface area contributed by atoms with Gasteiger partial charge in [-0.2, -0.15) is 5.26 Å². The molecule has 0 saturated heterocycles. The van der Waals surface area contributed by atoms with Crippen LogP contribution in [0.1, 0.15) is 5.56 Å². The summed E-state index contributed by atoms with van der Waals surface area (Å²) in [4.78, 5) is 0. The van der Waals surface area contributed by atoms with Crippen LogP contribution in [0.5, 0.6) is 0 Å². The fourth-order valence-corrected chi connectivity index (χ4v) is 1.94. The van der Waals surface area contributed by atoms with E-state index in [0.29, 0.717) is 17.2 Å². The third-order valence-corrected chi connectivity index (χ3v) is 3.00. The van der Waals surface area contributed by atoms with Crippen LogP contribution in [0.25, 0.3) is 6.08 Å². The van der Waals surface area contributed by atoms with Crippen LogP contribution in [-0.2, 0) is 0 Å². The highest BCUT2D eigenvalue weighted by molar-refractivity contribution is 7.80.